The van der Waals surface area contributed by atoms with Crippen LogP contribution in [0.5, 0.6) is 5.75 Å². The lowest BCUT2D eigenvalue weighted by molar-refractivity contribution is 0.413. The van der Waals surface area contributed by atoms with Gasteiger partial charge in [0.1, 0.15) is 5.75 Å². The molecule has 0 aliphatic rings. The highest BCUT2D eigenvalue weighted by molar-refractivity contribution is 6.17. The third kappa shape index (κ3) is 1.62. The number of hydrazine groups is 1. The maximum atomic E-state index is 5.69. The Morgan fingerprint density at radius 2 is 2.33 bits per heavy atom. The van der Waals surface area contributed by atoms with Crippen LogP contribution in [0.1, 0.15) is 5.56 Å². The largest absolute Gasteiger partial charge is 0.494 e. The number of rotatable bonds is 3. The van der Waals surface area contributed by atoms with Gasteiger partial charge in [-0.1, -0.05) is 12.1 Å². The highest BCUT2D eigenvalue weighted by Gasteiger charge is 2.05. The number of para-hydroxylation sites is 1. The highest BCUT2D eigenvalue weighted by atomic mass is 35.5. The van der Waals surface area contributed by atoms with Crippen LogP contribution in [0.2, 0.25) is 0 Å². The molecule has 0 radical (unpaired) electrons. The molecule has 1 aromatic carbocycles. The molecule has 0 heterocycles. The molecule has 0 saturated heterocycles. The van der Waals surface area contributed by atoms with Crippen molar-refractivity contribution in [2.24, 2.45) is 5.84 Å². The van der Waals surface area contributed by atoms with Gasteiger partial charge in [-0.05, 0) is 6.07 Å². The number of nitrogens with one attached hydrogen (secondary N) is 1. The Labute approximate surface area is 76.4 Å². The van der Waals surface area contributed by atoms with Crippen LogP contribution in [0.3, 0.4) is 0 Å². The van der Waals surface area contributed by atoms with E-state index in [9.17, 15) is 0 Å². The Bertz CT molecular complexity index is 243. The predicted octanol–water partition coefficient (Wildman–Crippen LogP) is 1.72. The van der Waals surface area contributed by atoms with Gasteiger partial charge in [0.15, 0.2) is 0 Å². The van der Waals surface area contributed by atoms with Crippen molar-refractivity contribution in [1.82, 2.24) is 0 Å². The van der Waals surface area contributed by atoms with Crippen LogP contribution < -0.4 is 16.0 Å². The van der Waals surface area contributed by atoms with Gasteiger partial charge in [0.2, 0.25) is 0 Å². The average Bonchev–Trinajstić information content (AvgIpc) is 2.16. The molecule has 0 aliphatic carbocycles. The number of hydrogen-bond acceptors (Lipinski definition) is 3. The second-order valence-corrected chi connectivity index (χ2v) is 2.54. The number of anilines is 1. The molecule has 0 spiro atoms. The zero-order valence-electron chi connectivity index (χ0n) is 6.80. The minimum atomic E-state index is 0.415. The summed E-state index contributed by atoms with van der Waals surface area (Å²) in [6.45, 7) is 0. The fourth-order valence-corrected chi connectivity index (χ4v) is 1.26. The van der Waals surface area contributed by atoms with Crippen LogP contribution in [0.15, 0.2) is 18.2 Å². The van der Waals surface area contributed by atoms with Crippen molar-refractivity contribution in [3.63, 3.8) is 0 Å². The molecule has 0 amide bonds. The molecule has 12 heavy (non-hydrogen) atoms. The third-order valence-corrected chi connectivity index (χ3v) is 1.89. The van der Waals surface area contributed by atoms with Gasteiger partial charge in [0, 0.05) is 5.56 Å². The SMILES string of the molecule is COc1c(CCl)cccc1NN. The van der Waals surface area contributed by atoms with Gasteiger partial charge in [-0.2, -0.15) is 0 Å². The van der Waals surface area contributed by atoms with Crippen molar-refractivity contribution in [2.45, 2.75) is 5.88 Å². The molecule has 3 nitrogen and oxygen atoms in total. The number of hydrogen-bond donors (Lipinski definition) is 2. The Balaban J connectivity index is 3.13. The number of benzene rings is 1. The molecule has 4 heteroatoms. The average molecular weight is 187 g/mol. The van der Waals surface area contributed by atoms with Crippen LogP contribution in [0.4, 0.5) is 5.69 Å². The number of methoxy groups -OCH3 is 1. The normalized spacial score (nSPS) is 9.58. The Morgan fingerprint density at radius 1 is 1.58 bits per heavy atom. The van der Waals surface area contributed by atoms with E-state index in [1.807, 2.05) is 18.2 Å². The van der Waals surface area contributed by atoms with Gasteiger partial charge in [0.05, 0.1) is 18.7 Å². The quantitative estimate of drug-likeness (QED) is 0.429. The number of ether oxygens (including phenoxy) is 1. The van der Waals surface area contributed by atoms with E-state index in [1.54, 1.807) is 7.11 Å². The highest BCUT2D eigenvalue weighted by Crippen LogP contribution is 2.28. The predicted molar refractivity (Wildman–Crippen MR) is 50.4 cm³/mol. The van der Waals surface area contributed by atoms with Gasteiger partial charge < -0.3 is 10.2 Å². The first-order chi connectivity index (χ1) is 5.83. The second kappa shape index (κ2) is 4.18. The van der Waals surface area contributed by atoms with Gasteiger partial charge in [-0.25, -0.2) is 0 Å². The first-order valence-electron chi connectivity index (χ1n) is 3.52. The Kier molecular flexibility index (Phi) is 3.19. The topological polar surface area (TPSA) is 47.3 Å². The van der Waals surface area contributed by atoms with Gasteiger partial charge in [0.25, 0.3) is 0 Å². The smallest absolute Gasteiger partial charge is 0.147 e. The summed E-state index contributed by atoms with van der Waals surface area (Å²) in [5.74, 6) is 6.40. The Morgan fingerprint density at radius 3 is 2.83 bits per heavy atom. The van der Waals surface area contributed by atoms with E-state index >= 15 is 0 Å². The lowest BCUT2D eigenvalue weighted by atomic mass is 10.2. The monoisotopic (exact) mass is 186 g/mol. The Hall–Kier alpha value is -0.930. The van der Waals surface area contributed by atoms with Crippen molar-refractivity contribution >= 4 is 17.3 Å². The maximum absolute atomic E-state index is 5.69. The first-order valence-corrected chi connectivity index (χ1v) is 4.05. The fourth-order valence-electron chi connectivity index (χ4n) is 1.04. The number of alkyl halides is 1. The van der Waals surface area contributed by atoms with Gasteiger partial charge >= 0.3 is 0 Å². The standard InChI is InChI=1S/C8H11ClN2O/c1-12-8-6(5-9)3-2-4-7(8)11-10/h2-4,11H,5,10H2,1H3. The molecule has 0 aromatic heterocycles. The summed E-state index contributed by atoms with van der Waals surface area (Å²) < 4.78 is 5.13. The fraction of sp³-hybridized carbons (Fsp3) is 0.250. The summed E-state index contributed by atoms with van der Waals surface area (Å²) in [4.78, 5) is 0. The van der Waals surface area contributed by atoms with E-state index in [2.05, 4.69) is 5.43 Å². The summed E-state index contributed by atoms with van der Waals surface area (Å²) in [6.07, 6.45) is 0. The van der Waals surface area contributed by atoms with Crippen molar-refractivity contribution in [2.75, 3.05) is 12.5 Å². The van der Waals surface area contributed by atoms with Crippen LogP contribution in [-0.2, 0) is 5.88 Å². The summed E-state index contributed by atoms with van der Waals surface area (Å²) >= 11 is 5.69. The second-order valence-electron chi connectivity index (χ2n) is 2.28. The summed E-state index contributed by atoms with van der Waals surface area (Å²) in [5.41, 5.74) is 4.21. The molecular formula is C8H11ClN2O. The molecule has 0 fully saturated rings. The lowest BCUT2D eigenvalue weighted by Crippen LogP contribution is -2.08. The summed E-state index contributed by atoms with van der Waals surface area (Å²) in [7, 11) is 1.59. The third-order valence-electron chi connectivity index (χ3n) is 1.60. The van der Waals surface area contributed by atoms with Crippen LogP contribution in [-0.4, -0.2) is 7.11 Å². The van der Waals surface area contributed by atoms with E-state index < -0.39 is 0 Å². The van der Waals surface area contributed by atoms with E-state index in [0.717, 1.165) is 11.3 Å². The van der Waals surface area contributed by atoms with Crippen molar-refractivity contribution in [1.29, 1.82) is 0 Å². The summed E-state index contributed by atoms with van der Waals surface area (Å²) in [6, 6.07) is 5.59. The molecule has 0 atom stereocenters. The van der Waals surface area contributed by atoms with Crippen molar-refractivity contribution in [3.05, 3.63) is 23.8 Å². The molecule has 66 valence electrons. The molecule has 0 saturated carbocycles. The molecule has 0 aliphatic heterocycles. The van der Waals surface area contributed by atoms with E-state index in [0.29, 0.717) is 11.6 Å². The molecular weight excluding hydrogens is 176 g/mol. The number of nitrogen functional groups attached to an aromatic ring is 1. The van der Waals surface area contributed by atoms with Crippen LogP contribution in [0, 0.1) is 0 Å². The number of halogens is 1. The minimum absolute atomic E-state index is 0.415. The maximum Gasteiger partial charge on any atom is 0.147 e. The molecule has 3 N–H and O–H groups in total. The lowest BCUT2D eigenvalue weighted by Gasteiger charge is -2.10. The van der Waals surface area contributed by atoms with Gasteiger partial charge in [-0.15, -0.1) is 11.6 Å². The van der Waals surface area contributed by atoms with Crippen LogP contribution in [0.25, 0.3) is 0 Å². The first kappa shape index (κ1) is 9.16. The zero-order chi connectivity index (χ0) is 8.97. The van der Waals surface area contributed by atoms with E-state index in [4.69, 9.17) is 22.2 Å². The van der Waals surface area contributed by atoms with Crippen LogP contribution >= 0.6 is 11.6 Å². The zero-order valence-corrected chi connectivity index (χ0v) is 7.56. The van der Waals surface area contributed by atoms with Crippen molar-refractivity contribution in [3.8, 4) is 5.75 Å². The van der Waals surface area contributed by atoms with Gasteiger partial charge in [-0.3, -0.25) is 5.84 Å². The minimum Gasteiger partial charge on any atom is -0.494 e. The van der Waals surface area contributed by atoms with E-state index in [-0.39, 0.29) is 0 Å². The molecule has 0 unspecified atom stereocenters. The number of nitrogens with two attached hydrogens (primary N) is 1. The van der Waals surface area contributed by atoms with Crippen molar-refractivity contribution < 1.29 is 4.74 Å². The molecule has 1 aromatic rings. The van der Waals surface area contributed by atoms with E-state index in [1.165, 1.54) is 0 Å². The summed E-state index contributed by atoms with van der Waals surface area (Å²) in [5, 5.41) is 0. The molecule has 1 rings (SSSR count). The molecule has 0 bridgehead atoms.